The monoisotopic (exact) mass is 148 g/mol. The van der Waals surface area contributed by atoms with Crippen LogP contribution in [-0.2, 0) is 0 Å². The Labute approximate surface area is 62.2 Å². The first kappa shape index (κ1) is 9.84. The summed E-state index contributed by atoms with van der Waals surface area (Å²) in [7, 11) is 6.08. The third kappa shape index (κ3) is 5.97. The molecule has 0 aliphatic carbocycles. The van der Waals surface area contributed by atoms with Crippen molar-refractivity contribution >= 4 is 0 Å². The minimum Gasteiger partial charge on any atom is -0.386 e. The fourth-order valence-corrected chi connectivity index (χ4v) is 0.833. The van der Waals surface area contributed by atoms with Gasteiger partial charge in [-0.15, -0.1) is 0 Å². The van der Waals surface area contributed by atoms with Gasteiger partial charge in [-0.25, -0.2) is 0 Å². The normalized spacial score (nSPS) is 15.3. The Kier molecular flexibility index (Phi) is 3.81. The van der Waals surface area contributed by atoms with Gasteiger partial charge in [-0.3, -0.25) is 11.3 Å². The molecule has 0 aromatic rings. The Morgan fingerprint density at radius 3 is 2.30 bits per heavy atom. The molecule has 4 N–H and O–H groups in total. The molecule has 0 aromatic carbocycles. The number of nitrogens with zero attached hydrogens (tertiary/aromatic N) is 1. The summed E-state index contributed by atoms with van der Waals surface area (Å²) in [6.07, 6.45) is -0.356. The van der Waals surface area contributed by atoms with Crippen LogP contribution in [0.15, 0.2) is 0 Å². The Bertz CT molecular complexity index is 89.5. The van der Waals surface area contributed by atoms with Crippen molar-refractivity contribution in [1.82, 2.24) is 5.43 Å². The lowest BCUT2D eigenvalue weighted by molar-refractivity contribution is -0.873. The van der Waals surface area contributed by atoms with Crippen LogP contribution >= 0.6 is 0 Å². The zero-order valence-electron chi connectivity index (χ0n) is 6.96. The van der Waals surface area contributed by atoms with Crippen molar-refractivity contribution in [3.05, 3.63) is 0 Å². The molecule has 0 rings (SSSR count). The van der Waals surface area contributed by atoms with Gasteiger partial charge in [-0.05, 0) is 0 Å². The molecule has 0 fully saturated rings. The molecule has 0 aliphatic heterocycles. The molecule has 0 heterocycles. The van der Waals surface area contributed by atoms with Crippen molar-refractivity contribution in [2.24, 2.45) is 5.84 Å². The maximum absolute atomic E-state index is 9.23. The molecule has 1 atom stereocenters. The molecule has 0 aromatic heterocycles. The van der Waals surface area contributed by atoms with Crippen LogP contribution in [-0.4, -0.2) is 49.9 Å². The third-order valence-corrected chi connectivity index (χ3v) is 1.11. The van der Waals surface area contributed by atoms with Crippen LogP contribution in [0.25, 0.3) is 0 Å². The van der Waals surface area contributed by atoms with E-state index in [-0.39, 0.29) is 6.10 Å². The van der Waals surface area contributed by atoms with E-state index in [2.05, 4.69) is 5.43 Å². The minimum absolute atomic E-state index is 0.356. The van der Waals surface area contributed by atoms with E-state index in [1.165, 1.54) is 0 Å². The molecular formula is C6H18N3O+. The minimum atomic E-state index is -0.356. The molecular weight excluding hydrogens is 130 g/mol. The summed E-state index contributed by atoms with van der Waals surface area (Å²) in [5, 5.41) is 9.23. The van der Waals surface area contributed by atoms with Crippen LogP contribution in [0.1, 0.15) is 0 Å². The van der Waals surface area contributed by atoms with Crippen molar-refractivity contribution in [2.45, 2.75) is 6.10 Å². The Morgan fingerprint density at radius 1 is 1.50 bits per heavy atom. The number of likely N-dealkylation sites (N-methyl/N-ethyl adjacent to an activating group) is 1. The first-order valence-corrected chi connectivity index (χ1v) is 3.37. The highest BCUT2D eigenvalue weighted by Crippen LogP contribution is 1.92. The molecule has 0 radical (unpaired) electrons. The summed E-state index contributed by atoms with van der Waals surface area (Å²) in [5.74, 6) is 5.03. The van der Waals surface area contributed by atoms with E-state index in [1.54, 1.807) is 0 Å². The van der Waals surface area contributed by atoms with Crippen LogP contribution in [0.2, 0.25) is 0 Å². The van der Waals surface area contributed by atoms with E-state index in [1.807, 2.05) is 21.1 Å². The average Bonchev–Trinajstić information content (AvgIpc) is 1.59. The summed E-state index contributed by atoms with van der Waals surface area (Å²) >= 11 is 0. The molecule has 0 bridgehead atoms. The van der Waals surface area contributed by atoms with E-state index < -0.39 is 0 Å². The van der Waals surface area contributed by atoms with E-state index in [9.17, 15) is 5.11 Å². The highest BCUT2D eigenvalue weighted by molar-refractivity contribution is 4.53. The molecule has 4 nitrogen and oxygen atoms in total. The number of aliphatic hydroxyl groups is 1. The summed E-state index contributed by atoms with van der Waals surface area (Å²) in [4.78, 5) is 0. The van der Waals surface area contributed by atoms with Crippen LogP contribution in [0, 0.1) is 0 Å². The molecule has 1 unspecified atom stereocenters. The molecule has 0 saturated heterocycles. The van der Waals surface area contributed by atoms with Gasteiger partial charge in [0.15, 0.2) is 0 Å². The number of rotatable bonds is 4. The van der Waals surface area contributed by atoms with Gasteiger partial charge >= 0.3 is 0 Å². The van der Waals surface area contributed by atoms with Crippen molar-refractivity contribution < 1.29 is 9.59 Å². The summed E-state index contributed by atoms with van der Waals surface area (Å²) in [6.45, 7) is 1.17. The first-order valence-electron chi connectivity index (χ1n) is 3.37. The van der Waals surface area contributed by atoms with Gasteiger partial charge in [0, 0.05) is 6.54 Å². The molecule has 0 aliphatic rings. The summed E-state index contributed by atoms with van der Waals surface area (Å²) in [6, 6.07) is 0. The fraction of sp³-hybridized carbons (Fsp3) is 1.00. The van der Waals surface area contributed by atoms with Gasteiger partial charge < -0.3 is 9.59 Å². The highest BCUT2D eigenvalue weighted by Gasteiger charge is 2.13. The van der Waals surface area contributed by atoms with E-state index >= 15 is 0 Å². The molecule has 10 heavy (non-hydrogen) atoms. The zero-order valence-corrected chi connectivity index (χ0v) is 6.96. The zero-order chi connectivity index (χ0) is 8.20. The van der Waals surface area contributed by atoms with Crippen LogP contribution in [0.5, 0.6) is 0 Å². The second kappa shape index (κ2) is 3.88. The van der Waals surface area contributed by atoms with Gasteiger partial charge in [-0.2, -0.15) is 0 Å². The van der Waals surface area contributed by atoms with Crippen LogP contribution < -0.4 is 11.3 Å². The Balaban J connectivity index is 3.47. The number of aliphatic hydroxyl groups excluding tert-OH is 1. The molecule has 0 amide bonds. The highest BCUT2D eigenvalue weighted by atomic mass is 16.3. The molecule has 0 spiro atoms. The average molecular weight is 148 g/mol. The van der Waals surface area contributed by atoms with Crippen molar-refractivity contribution in [1.29, 1.82) is 0 Å². The molecule has 62 valence electrons. The Hall–Kier alpha value is -0.160. The first-order chi connectivity index (χ1) is 4.45. The lowest BCUT2D eigenvalue weighted by atomic mass is 10.3. The van der Waals surface area contributed by atoms with Crippen molar-refractivity contribution in [2.75, 3.05) is 34.2 Å². The maximum Gasteiger partial charge on any atom is 0.117 e. The number of nitrogens with one attached hydrogen (secondary N) is 1. The summed E-state index contributed by atoms with van der Waals surface area (Å²) < 4.78 is 0.753. The summed E-state index contributed by atoms with van der Waals surface area (Å²) in [5.41, 5.74) is 2.43. The van der Waals surface area contributed by atoms with E-state index in [0.29, 0.717) is 13.1 Å². The predicted molar refractivity (Wildman–Crippen MR) is 41.1 cm³/mol. The van der Waals surface area contributed by atoms with E-state index in [4.69, 9.17) is 5.84 Å². The topological polar surface area (TPSA) is 58.3 Å². The van der Waals surface area contributed by atoms with Gasteiger partial charge in [0.05, 0.1) is 21.1 Å². The molecule has 4 heteroatoms. The van der Waals surface area contributed by atoms with Crippen molar-refractivity contribution in [3.63, 3.8) is 0 Å². The van der Waals surface area contributed by atoms with Crippen LogP contribution in [0.3, 0.4) is 0 Å². The van der Waals surface area contributed by atoms with Gasteiger partial charge in [-0.1, -0.05) is 0 Å². The number of hydrogen-bond acceptors (Lipinski definition) is 3. The fourth-order valence-electron chi connectivity index (χ4n) is 0.833. The number of quaternary nitrogens is 1. The molecule has 0 saturated carbocycles. The Morgan fingerprint density at radius 2 is 2.00 bits per heavy atom. The van der Waals surface area contributed by atoms with Gasteiger partial charge in [0.25, 0.3) is 0 Å². The second-order valence-corrected chi connectivity index (χ2v) is 3.53. The number of nitrogens with two attached hydrogens (primary N) is 1. The van der Waals surface area contributed by atoms with E-state index in [0.717, 1.165) is 4.48 Å². The van der Waals surface area contributed by atoms with Crippen LogP contribution in [0.4, 0.5) is 0 Å². The standard InChI is InChI=1S/C6H18N3O/c1-9(2,3)5-6(10)4-8-7/h6,8,10H,4-5,7H2,1-3H3/q+1. The second-order valence-electron chi connectivity index (χ2n) is 3.53. The SMILES string of the molecule is C[N+](C)(C)CC(O)CNN. The number of hydrogen-bond donors (Lipinski definition) is 3. The quantitative estimate of drug-likeness (QED) is 0.259. The predicted octanol–water partition coefficient (Wildman–Crippen LogP) is -1.48. The lowest BCUT2D eigenvalue weighted by Gasteiger charge is -2.26. The third-order valence-electron chi connectivity index (χ3n) is 1.11. The maximum atomic E-state index is 9.23. The van der Waals surface area contributed by atoms with Crippen molar-refractivity contribution in [3.8, 4) is 0 Å². The smallest absolute Gasteiger partial charge is 0.117 e. The number of hydrazine groups is 1. The van der Waals surface area contributed by atoms with Gasteiger partial charge in [0.2, 0.25) is 0 Å². The lowest BCUT2D eigenvalue weighted by Crippen LogP contribution is -2.45. The van der Waals surface area contributed by atoms with Gasteiger partial charge in [0.1, 0.15) is 12.6 Å². The largest absolute Gasteiger partial charge is 0.386 e.